The summed E-state index contributed by atoms with van der Waals surface area (Å²) in [5.74, 6) is 1.45. The second kappa shape index (κ2) is 27.1. The van der Waals surface area contributed by atoms with E-state index in [0.717, 1.165) is 19.3 Å². The van der Waals surface area contributed by atoms with Gasteiger partial charge in [-0.05, 0) is 301 Å². The fraction of sp³-hybridized carbons (Fsp3) is 0.129. The Hall–Kier alpha value is -14.8. The molecule has 0 bridgehead atoms. The van der Waals surface area contributed by atoms with E-state index in [1.165, 1.54) is 273 Å². The number of hydrogen-bond acceptors (Lipinski definition) is 0. The van der Waals surface area contributed by atoms with Crippen LogP contribution in [0.15, 0.2) is 352 Å². The maximum absolute atomic E-state index is 2.60. The van der Waals surface area contributed by atoms with Gasteiger partial charge in [0, 0.05) is 81.1 Å². The molecule has 0 aliphatic rings. The predicted octanol–water partition coefficient (Wildman–Crippen LogP) is 34.6. The summed E-state index contributed by atoms with van der Waals surface area (Å²) in [5, 5.41) is 33.3. The van der Waals surface area contributed by atoms with E-state index in [2.05, 4.69) is 425 Å². The first-order chi connectivity index (χ1) is 62.6. The Bertz CT molecular complexity index is 9370. The molecule has 27 rings (SSSR count). The molecule has 7 aromatic heterocycles. The highest BCUT2D eigenvalue weighted by Crippen LogP contribution is 2.51. The standard InChI is InChI=1S/C124H92N4/c1-70(2)77-34-38-84-64-117-103(54-89(84)48-77)107-58-93(75-42-44-95(45-43-75)124(6,7)8)59-108-104-55-90-49-78(35-39-85(90)65-118(104)127(117)121(107)108)71(3)30-31-72(4)79-36-40-86-66-119-105(56-91(86)50-79)111-68-96(125-113-28-18-16-26-99(113)100-27-17-19-29-114(100)125)69-112-106-57-92-51-80(37-41-87(92)67-120(106)128(119)123(111)112)73(5)46-74-32-33-83-63-116-102(53-88(83)47-74)110-61-94(98-25-15-14-24-97(98)76-20-10-9-11-21-76)60-109-101-52-81-22-12-13-23-82(81)62-115(101)126(116)122(109)110/h9-29,32-45,47-73H,30-31,46H2,1-8H3. The summed E-state index contributed by atoms with van der Waals surface area (Å²) in [6.07, 6.45) is 3.08. The molecule has 3 unspecified atom stereocenters. The van der Waals surface area contributed by atoms with Crippen LogP contribution in [-0.2, 0) is 11.8 Å². The highest BCUT2D eigenvalue weighted by molar-refractivity contribution is 6.31. The maximum Gasteiger partial charge on any atom is 0.0622 e. The van der Waals surface area contributed by atoms with Crippen LogP contribution in [0.2, 0.25) is 0 Å². The molecular formula is C124H92N4. The molecule has 128 heavy (non-hydrogen) atoms. The predicted molar refractivity (Wildman–Crippen MR) is 550 cm³/mol. The number of fused-ring (bicyclic) bond motifs is 27. The lowest BCUT2D eigenvalue weighted by Crippen LogP contribution is -2.10. The quantitative estimate of drug-likeness (QED) is 0.110. The Morgan fingerprint density at radius 3 is 1.02 bits per heavy atom. The maximum atomic E-state index is 2.60. The average Bonchev–Trinajstić information content (AvgIpc) is 1.52. The van der Waals surface area contributed by atoms with E-state index in [4.69, 9.17) is 0 Å². The van der Waals surface area contributed by atoms with Crippen molar-refractivity contribution in [3.8, 4) is 39.1 Å². The molecule has 0 amide bonds. The van der Waals surface area contributed by atoms with Gasteiger partial charge in [0.25, 0.3) is 0 Å². The normalized spacial score (nSPS) is 13.5. The van der Waals surface area contributed by atoms with Crippen LogP contribution in [0, 0.1) is 0 Å². The second-order valence-electron chi connectivity index (χ2n) is 39.2. The number of benzene rings is 20. The first kappa shape index (κ1) is 73.5. The smallest absolute Gasteiger partial charge is 0.0622 e. The zero-order valence-corrected chi connectivity index (χ0v) is 73.2. The van der Waals surface area contributed by atoms with Gasteiger partial charge >= 0.3 is 0 Å². The largest absolute Gasteiger partial charge is 0.309 e. The van der Waals surface area contributed by atoms with Gasteiger partial charge < -0.3 is 17.8 Å². The molecule has 7 heterocycles. The molecule has 3 atom stereocenters. The second-order valence-corrected chi connectivity index (χ2v) is 39.2. The van der Waals surface area contributed by atoms with Crippen LogP contribution in [0.5, 0.6) is 0 Å². The zero-order valence-electron chi connectivity index (χ0n) is 73.2. The Morgan fingerprint density at radius 1 is 0.227 bits per heavy atom. The monoisotopic (exact) mass is 1640 g/mol. The molecule has 608 valence electrons. The number of rotatable bonds is 13. The Balaban J connectivity index is 0.522. The molecule has 0 aliphatic carbocycles. The summed E-state index contributed by atoms with van der Waals surface area (Å²) < 4.78 is 10.3. The Kier molecular flexibility index (Phi) is 15.6. The SMILES string of the molecule is CC(C)c1ccc2cc3c(cc2c1)c1cc(-c2ccc(C(C)(C)C)cc2)cc2c4cc5cc(C(C)CCC(C)c6ccc7cc8c(cc7c6)c6cc(-n7c9ccccc9c9ccccc97)cc7c9cc%10cc(C(C)Cc%11ccc%12cc%13c(cc%12c%11)c%11cc(-c%12ccccc%12-c%12ccccc%12)cc%12c%14cc%15ccccc%15cc%14n%13c%12%11)ccc%10cc9n8c67)ccc5cc4n3c12. The minimum Gasteiger partial charge on any atom is -0.309 e. The molecule has 27 aromatic rings. The van der Waals surface area contributed by atoms with Crippen LogP contribution in [0.3, 0.4) is 0 Å². The minimum atomic E-state index is 0.0775. The summed E-state index contributed by atoms with van der Waals surface area (Å²) in [6.45, 7) is 18.8. The molecule has 20 aromatic carbocycles. The molecule has 0 fully saturated rings. The van der Waals surface area contributed by atoms with Crippen LogP contribution >= 0.6 is 0 Å². The lowest BCUT2D eigenvalue weighted by Gasteiger charge is -2.19. The van der Waals surface area contributed by atoms with Gasteiger partial charge in [-0.25, -0.2) is 0 Å². The van der Waals surface area contributed by atoms with Gasteiger partial charge in [0.1, 0.15) is 0 Å². The van der Waals surface area contributed by atoms with E-state index < -0.39 is 0 Å². The van der Waals surface area contributed by atoms with E-state index in [-0.39, 0.29) is 11.3 Å². The summed E-state index contributed by atoms with van der Waals surface area (Å²) in [7, 11) is 0. The highest BCUT2D eigenvalue weighted by Gasteiger charge is 2.28. The van der Waals surface area contributed by atoms with E-state index in [1.807, 2.05) is 0 Å². The first-order valence-corrected chi connectivity index (χ1v) is 46.2. The number of nitrogens with zero attached hydrogens (tertiary/aromatic N) is 4. The third-order valence-corrected chi connectivity index (χ3v) is 30.2. The average molecular weight is 1640 g/mol. The van der Waals surface area contributed by atoms with Gasteiger partial charge in [-0.15, -0.1) is 0 Å². The van der Waals surface area contributed by atoms with E-state index in [9.17, 15) is 0 Å². The molecule has 0 spiro atoms. The molecule has 4 heteroatoms. The fourth-order valence-corrected chi connectivity index (χ4v) is 23.3. The van der Waals surface area contributed by atoms with Gasteiger partial charge in [-0.3, -0.25) is 0 Å². The molecular weight excluding hydrogens is 1550 g/mol. The molecule has 0 N–H and O–H groups in total. The summed E-state index contributed by atoms with van der Waals surface area (Å²) in [4.78, 5) is 0. The van der Waals surface area contributed by atoms with Crippen molar-refractivity contribution in [3.63, 3.8) is 0 Å². The van der Waals surface area contributed by atoms with Gasteiger partial charge in [-0.1, -0.05) is 286 Å². The van der Waals surface area contributed by atoms with E-state index in [1.54, 1.807) is 0 Å². The third kappa shape index (κ3) is 10.9. The molecule has 0 saturated carbocycles. The minimum absolute atomic E-state index is 0.0775. The highest BCUT2D eigenvalue weighted by atomic mass is 15.0. The van der Waals surface area contributed by atoms with Gasteiger partial charge in [0.15, 0.2) is 0 Å². The molecule has 0 aliphatic heterocycles. The van der Waals surface area contributed by atoms with Crippen molar-refractivity contribution < 1.29 is 0 Å². The molecule has 0 saturated heterocycles. The lowest BCUT2D eigenvalue weighted by molar-refractivity contribution is 0.574. The fourth-order valence-electron chi connectivity index (χ4n) is 23.3. The summed E-state index contributed by atoms with van der Waals surface area (Å²) >= 11 is 0. The summed E-state index contributed by atoms with van der Waals surface area (Å²) in [5.41, 5.74) is 30.8. The van der Waals surface area contributed by atoms with Crippen molar-refractivity contribution >= 4 is 201 Å². The number of para-hydroxylation sites is 2. The first-order valence-electron chi connectivity index (χ1n) is 46.2. The topological polar surface area (TPSA) is 18.2 Å². The molecule has 4 nitrogen and oxygen atoms in total. The molecule has 0 radical (unpaired) electrons. The number of hydrogen-bond donors (Lipinski definition) is 0. The van der Waals surface area contributed by atoms with Gasteiger partial charge in [0.05, 0.1) is 60.7 Å². The van der Waals surface area contributed by atoms with Crippen LogP contribution in [0.1, 0.15) is 125 Å². The van der Waals surface area contributed by atoms with Crippen molar-refractivity contribution in [2.24, 2.45) is 0 Å². The lowest BCUT2D eigenvalue weighted by atomic mass is 9.86. The van der Waals surface area contributed by atoms with Crippen molar-refractivity contribution in [2.45, 2.75) is 104 Å². The van der Waals surface area contributed by atoms with E-state index >= 15 is 0 Å². The van der Waals surface area contributed by atoms with Crippen molar-refractivity contribution in [2.75, 3.05) is 0 Å². The van der Waals surface area contributed by atoms with Crippen molar-refractivity contribution in [1.82, 2.24) is 17.8 Å². The summed E-state index contributed by atoms with van der Waals surface area (Å²) in [6, 6.07) is 137. The van der Waals surface area contributed by atoms with E-state index in [0.29, 0.717) is 17.8 Å². The Morgan fingerprint density at radius 2 is 0.570 bits per heavy atom. The Labute approximate surface area is 741 Å². The van der Waals surface area contributed by atoms with Gasteiger partial charge in [0.2, 0.25) is 0 Å². The van der Waals surface area contributed by atoms with Crippen molar-refractivity contribution in [1.29, 1.82) is 0 Å². The zero-order chi connectivity index (χ0) is 85.1. The van der Waals surface area contributed by atoms with Crippen LogP contribution in [0.25, 0.3) is 240 Å². The van der Waals surface area contributed by atoms with Gasteiger partial charge in [-0.2, -0.15) is 0 Å². The van der Waals surface area contributed by atoms with Crippen molar-refractivity contribution in [3.05, 3.63) is 385 Å². The number of aromatic nitrogens is 4. The third-order valence-electron chi connectivity index (χ3n) is 30.2. The van der Waals surface area contributed by atoms with Crippen LogP contribution in [0.4, 0.5) is 0 Å². The van der Waals surface area contributed by atoms with Crippen LogP contribution in [-0.4, -0.2) is 17.8 Å². The van der Waals surface area contributed by atoms with Crippen LogP contribution < -0.4 is 0 Å².